The van der Waals surface area contributed by atoms with Gasteiger partial charge in [-0.2, -0.15) is 5.26 Å². The fourth-order valence-corrected chi connectivity index (χ4v) is 4.61. The molecule has 10 nitrogen and oxygen atoms in total. The van der Waals surface area contributed by atoms with Gasteiger partial charge in [0, 0.05) is 38.3 Å². The molecule has 2 aromatic heterocycles. The van der Waals surface area contributed by atoms with Crippen LogP contribution in [0.1, 0.15) is 12.1 Å². The minimum absolute atomic E-state index is 0.0698. The van der Waals surface area contributed by atoms with Gasteiger partial charge in [-0.15, -0.1) is 0 Å². The number of hydrogen-bond acceptors (Lipinski definition) is 7. The van der Waals surface area contributed by atoms with E-state index >= 15 is 0 Å². The summed E-state index contributed by atoms with van der Waals surface area (Å²) in [5, 5.41) is 16.7. The summed E-state index contributed by atoms with van der Waals surface area (Å²) < 4.78 is 17.8. The lowest BCUT2D eigenvalue weighted by Crippen LogP contribution is -2.49. The molecule has 4 aromatic rings. The molecule has 2 aromatic carbocycles. The highest BCUT2D eigenvalue weighted by atomic mass is 16.5. The molecular weight excluding hydrogens is 474 g/mol. The highest BCUT2D eigenvalue weighted by Crippen LogP contribution is 2.27. The number of H-pyrrole nitrogens is 1. The lowest BCUT2D eigenvalue weighted by molar-refractivity contribution is -0.136. The van der Waals surface area contributed by atoms with E-state index in [-0.39, 0.29) is 12.0 Å². The van der Waals surface area contributed by atoms with Crippen molar-refractivity contribution in [1.29, 1.82) is 5.26 Å². The number of nitriles is 1. The van der Waals surface area contributed by atoms with Gasteiger partial charge < -0.3 is 29.5 Å². The summed E-state index contributed by atoms with van der Waals surface area (Å²) in [5.74, 6) is -0.717. The fraction of sp³-hybridized carbons (Fsp3) is 0.370. The summed E-state index contributed by atoms with van der Waals surface area (Å²) in [4.78, 5) is 28.0. The number of aromatic nitrogens is 2. The number of nitrogens with one attached hydrogen (secondary N) is 3. The quantitative estimate of drug-likeness (QED) is 0.367. The molecule has 3 atom stereocenters. The van der Waals surface area contributed by atoms with Crippen molar-refractivity contribution in [3.63, 3.8) is 0 Å². The first-order chi connectivity index (χ1) is 17.9. The van der Waals surface area contributed by atoms with Crippen LogP contribution in [0.3, 0.4) is 0 Å². The van der Waals surface area contributed by atoms with Gasteiger partial charge in [-0.25, -0.2) is 4.79 Å². The molecule has 0 unspecified atom stereocenters. The van der Waals surface area contributed by atoms with Crippen molar-refractivity contribution in [2.24, 2.45) is 7.05 Å². The summed E-state index contributed by atoms with van der Waals surface area (Å²) in [6, 6.07) is 15.1. The van der Waals surface area contributed by atoms with Crippen molar-refractivity contribution in [2.75, 3.05) is 26.8 Å². The Morgan fingerprint density at radius 3 is 2.89 bits per heavy atom. The third-order valence-corrected chi connectivity index (χ3v) is 6.78. The van der Waals surface area contributed by atoms with Crippen LogP contribution in [0.15, 0.2) is 51.7 Å². The second-order valence-electron chi connectivity index (χ2n) is 9.27. The standard InChI is InChI=1S/C27H29N5O5/c1-32-23-11-17(5-6-24(23)37-27(32)34)16-3-4-18-9-19(30-22(18)10-16)12-20(13-28)31-26(33)25-14-29-8-7-21(35-2)15-36-25/h3-6,9-11,20-21,25,29-30H,7-8,12,14-15H2,1-2H3,(H,31,33)/t20-,21+,25-/m0/s1. The molecular formula is C27H29N5O5. The van der Waals surface area contributed by atoms with Crippen LogP contribution in [0.5, 0.6) is 0 Å². The van der Waals surface area contributed by atoms with Crippen LogP contribution in [0, 0.1) is 11.3 Å². The number of carbonyl (C=O) groups is 1. The van der Waals surface area contributed by atoms with Gasteiger partial charge in [-0.05, 0) is 53.7 Å². The van der Waals surface area contributed by atoms with Crippen LogP contribution >= 0.6 is 0 Å². The molecule has 1 saturated heterocycles. The number of fused-ring (bicyclic) bond motifs is 2. The first-order valence-electron chi connectivity index (χ1n) is 12.2. The Morgan fingerprint density at radius 2 is 2.08 bits per heavy atom. The monoisotopic (exact) mass is 503 g/mol. The SMILES string of the molecule is CO[C@@H]1CCNC[C@@H](C(=O)N[C@H](C#N)Cc2cc3ccc(-c4ccc5oc(=O)n(C)c5c4)cc3[nH]2)OC1. The first kappa shape index (κ1) is 24.8. The van der Waals surface area contributed by atoms with Crippen LogP contribution in [0.4, 0.5) is 0 Å². The molecule has 10 heteroatoms. The number of oxazole rings is 1. The van der Waals surface area contributed by atoms with E-state index in [0.717, 1.165) is 46.2 Å². The predicted molar refractivity (Wildman–Crippen MR) is 138 cm³/mol. The van der Waals surface area contributed by atoms with E-state index in [1.165, 1.54) is 4.57 Å². The maximum atomic E-state index is 12.8. The average Bonchev–Trinajstić information content (AvgIpc) is 3.42. The lowest BCUT2D eigenvalue weighted by Gasteiger charge is -2.25. The number of benzene rings is 2. The highest BCUT2D eigenvalue weighted by molar-refractivity contribution is 5.88. The topological polar surface area (TPSA) is 134 Å². The molecule has 0 radical (unpaired) electrons. The van der Waals surface area contributed by atoms with Crippen molar-refractivity contribution in [3.05, 3.63) is 58.7 Å². The average molecular weight is 504 g/mol. The van der Waals surface area contributed by atoms with E-state index in [1.54, 1.807) is 20.2 Å². The molecule has 3 N–H and O–H groups in total. The number of nitrogens with zero attached hydrogens (tertiary/aromatic N) is 2. The molecule has 0 saturated carbocycles. The fourth-order valence-electron chi connectivity index (χ4n) is 4.61. The van der Waals surface area contributed by atoms with Crippen LogP contribution in [-0.4, -0.2) is 60.5 Å². The van der Waals surface area contributed by atoms with Crippen LogP contribution in [0.25, 0.3) is 33.1 Å². The van der Waals surface area contributed by atoms with E-state index < -0.39 is 17.9 Å². The molecule has 0 bridgehead atoms. The molecule has 5 rings (SSSR count). The van der Waals surface area contributed by atoms with E-state index in [2.05, 4.69) is 21.7 Å². The first-order valence-corrected chi connectivity index (χ1v) is 12.2. The van der Waals surface area contributed by atoms with Gasteiger partial charge in [0.1, 0.15) is 12.1 Å². The van der Waals surface area contributed by atoms with Crippen molar-refractivity contribution < 1.29 is 18.7 Å². The van der Waals surface area contributed by atoms with Gasteiger partial charge in [-0.1, -0.05) is 18.2 Å². The predicted octanol–water partition coefficient (Wildman–Crippen LogP) is 2.22. The summed E-state index contributed by atoms with van der Waals surface area (Å²) in [7, 11) is 3.31. The molecule has 0 aliphatic carbocycles. The summed E-state index contributed by atoms with van der Waals surface area (Å²) in [6.07, 6.45) is 0.382. The van der Waals surface area contributed by atoms with Crippen molar-refractivity contribution >= 4 is 27.9 Å². The highest BCUT2D eigenvalue weighted by Gasteiger charge is 2.25. The van der Waals surface area contributed by atoms with Crippen LogP contribution in [-0.2, 0) is 27.7 Å². The van der Waals surface area contributed by atoms with Gasteiger partial charge in [0.25, 0.3) is 5.91 Å². The smallest absolute Gasteiger partial charge is 0.408 e. The maximum absolute atomic E-state index is 12.8. The lowest BCUT2D eigenvalue weighted by atomic mass is 10.0. The largest absolute Gasteiger partial charge is 0.419 e. The maximum Gasteiger partial charge on any atom is 0.419 e. The van der Waals surface area contributed by atoms with Crippen LogP contribution in [0.2, 0.25) is 0 Å². The molecule has 1 aliphatic heterocycles. The number of carbonyl (C=O) groups excluding carboxylic acids is 1. The number of aromatic amines is 1. The second-order valence-corrected chi connectivity index (χ2v) is 9.27. The zero-order valence-electron chi connectivity index (χ0n) is 20.7. The zero-order valence-corrected chi connectivity index (χ0v) is 20.7. The number of amides is 1. The van der Waals surface area contributed by atoms with Gasteiger partial charge in [-0.3, -0.25) is 9.36 Å². The number of aryl methyl sites for hydroxylation is 1. The molecule has 1 amide bonds. The van der Waals surface area contributed by atoms with Crippen molar-refractivity contribution in [2.45, 2.75) is 31.1 Å². The Labute approximate surface area is 213 Å². The number of ether oxygens (including phenoxy) is 2. The van der Waals surface area contributed by atoms with E-state index in [4.69, 9.17) is 13.9 Å². The normalized spacial score (nSPS) is 19.3. The summed E-state index contributed by atoms with van der Waals surface area (Å²) >= 11 is 0. The third-order valence-electron chi connectivity index (χ3n) is 6.78. The Bertz CT molecular complexity index is 1530. The minimum atomic E-state index is -0.711. The third kappa shape index (κ3) is 5.29. The second kappa shape index (κ2) is 10.6. The Morgan fingerprint density at radius 1 is 1.27 bits per heavy atom. The molecule has 1 fully saturated rings. The van der Waals surface area contributed by atoms with E-state index in [0.29, 0.717) is 25.2 Å². The zero-order chi connectivity index (χ0) is 25.9. The molecule has 3 heterocycles. The molecule has 37 heavy (non-hydrogen) atoms. The number of hydrogen-bond donors (Lipinski definition) is 3. The van der Waals surface area contributed by atoms with Crippen molar-refractivity contribution in [1.82, 2.24) is 20.2 Å². The van der Waals surface area contributed by atoms with Gasteiger partial charge in [0.2, 0.25) is 0 Å². The Kier molecular flexibility index (Phi) is 7.10. The van der Waals surface area contributed by atoms with E-state index in [9.17, 15) is 14.9 Å². The van der Waals surface area contributed by atoms with Gasteiger partial charge in [0.15, 0.2) is 5.58 Å². The number of rotatable bonds is 6. The summed E-state index contributed by atoms with van der Waals surface area (Å²) in [6.45, 7) is 1.45. The minimum Gasteiger partial charge on any atom is -0.408 e. The Hall–Kier alpha value is -3.91. The van der Waals surface area contributed by atoms with E-state index in [1.807, 2.05) is 36.4 Å². The van der Waals surface area contributed by atoms with Crippen LogP contribution < -0.4 is 16.4 Å². The Balaban J connectivity index is 1.29. The molecule has 1 aliphatic rings. The van der Waals surface area contributed by atoms with Gasteiger partial charge in [0.05, 0.1) is 24.3 Å². The van der Waals surface area contributed by atoms with Crippen molar-refractivity contribution in [3.8, 4) is 17.2 Å². The molecule has 192 valence electrons. The summed E-state index contributed by atoms with van der Waals surface area (Å²) in [5.41, 5.74) is 4.95. The number of methoxy groups -OCH3 is 1. The van der Waals surface area contributed by atoms with Gasteiger partial charge >= 0.3 is 5.76 Å². The molecule has 0 spiro atoms.